The molecule has 1 rings (SSSR count). The van der Waals surface area contributed by atoms with Crippen molar-refractivity contribution in [3.8, 4) is 6.07 Å². The molecule has 0 aliphatic rings. The van der Waals surface area contributed by atoms with Crippen LogP contribution in [0.4, 0.5) is 0 Å². The van der Waals surface area contributed by atoms with Crippen LogP contribution in [0.1, 0.15) is 31.9 Å². The molecule has 0 heterocycles. The molecular formula is C15H21N3O. The molecule has 1 unspecified atom stereocenters. The normalized spacial score (nSPS) is 12.4. The Hall–Kier alpha value is -1.86. The van der Waals surface area contributed by atoms with Gasteiger partial charge in [-0.05, 0) is 11.5 Å². The topological polar surface area (TPSA) is 70.1 Å². The maximum atomic E-state index is 11.2. The highest BCUT2D eigenvalue weighted by atomic mass is 16.1. The highest BCUT2D eigenvalue weighted by molar-refractivity contribution is 5.76. The largest absolute Gasteiger partial charge is 0.369 e. The number of primary amides is 1. The maximum Gasteiger partial charge on any atom is 0.231 e. The van der Waals surface area contributed by atoms with Gasteiger partial charge in [-0.25, -0.2) is 0 Å². The molecule has 4 heteroatoms. The predicted molar refractivity (Wildman–Crippen MR) is 75.0 cm³/mol. The first-order valence-electron chi connectivity index (χ1n) is 6.48. The number of nitriles is 1. The minimum Gasteiger partial charge on any atom is -0.369 e. The van der Waals surface area contributed by atoms with E-state index >= 15 is 0 Å². The standard InChI is InChI=1S/C15H21N3O/c1-12(2)10-18(11-15(17)19)14(8-9-16)13-6-4-3-5-7-13/h3-7,12,14H,8,10-11H2,1-2H3,(H2,17,19). The zero-order valence-corrected chi connectivity index (χ0v) is 11.5. The fourth-order valence-corrected chi connectivity index (χ4v) is 2.19. The number of carbonyl (C=O) groups excluding carboxylic acids is 1. The second-order valence-corrected chi connectivity index (χ2v) is 5.08. The number of amides is 1. The van der Waals surface area contributed by atoms with Gasteiger partial charge >= 0.3 is 0 Å². The van der Waals surface area contributed by atoms with Gasteiger partial charge in [0.15, 0.2) is 0 Å². The minimum atomic E-state index is -0.362. The van der Waals surface area contributed by atoms with Gasteiger partial charge in [0, 0.05) is 12.6 Å². The smallest absolute Gasteiger partial charge is 0.231 e. The Balaban J connectivity index is 2.98. The molecule has 19 heavy (non-hydrogen) atoms. The van der Waals surface area contributed by atoms with Crippen molar-refractivity contribution >= 4 is 5.91 Å². The van der Waals surface area contributed by atoms with E-state index in [0.29, 0.717) is 12.3 Å². The molecule has 0 aromatic heterocycles. The van der Waals surface area contributed by atoms with Crippen molar-refractivity contribution in [1.29, 1.82) is 5.26 Å². The second kappa shape index (κ2) is 7.55. The summed E-state index contributed by atoms with van der Waals surface area (Å²) in [6, 6.07) is 11.9. The summed E-state index contributed by atoms with van der Waals surface area (Å²) in [5, 5.41) is 9.02. The molecule has 0 spiro atoms. The monoisotopic (exact) mass is 259 g/mol. The zero-order chi connectivity index (χ0) is 14.3. The van der Waals surface area contributed by atoms with E-state index in [4.69, 9.17) is 11.0 Å². The summed E-state index contributed by atoms with van der Waals surface area (Å²) in [6.45, 7) is 5.09. The van der Waals surface area contributed by atoms with Crippen molar-refractivity contribution in [2.45, 2.75) is 26.3 Å². The number of rotatable bonds is 7. The Kier molecular flexibility index (Phi) is 6.04. The molecule has 1 amide bonds. The first-order valence-corrected chi connectivity index (χ1v) is 6.48. The number of carbonyl (C=O) groups is 1. The molecule has 1 atom stereocenters. The first kappa shape index (κ1) is 15.2. The van der Waals surface area contributed by atoms with Crippen LogP contribution in [0.2, 0.25) is 0 Å². The Morgan fingerprint density at radius 2 is 2.00 bits per heavy atom. The van der Waals surface area contributed by atoms with E-state index in [-0.39, 0.29) is 18.5 Å². The number of nitrogens with two attached hydrogens (primary N) is 1. The summed E-state index contributed by atoms with van der Waals surface area (Å²) in [5.74, 6) is 0.0452. The Labute approximate surface area is 114 Å². The van der Waals surface area contributed by atoms with Crippen molar-refractivity contribution < 1.29 is 4.79 Å². The summed E-state index contributed by atoms with van der Waals surface area (Å²) < 4.78 is 0. The SMILES string of the molecule is CC(C)CN(CC(N)=O)C(CC#N)c1ccccc1. The minimum absolute atomic E-state index is 0.0823. The highest BCUT2D eigenvalue weighted by Crippen LogP contribution is 2.24. The van der Waals surface area contributed by atoms with Gasteiger partial charge in [0.25, 0.3) is 0 Å². The third kappa shape index (κ3) is 5.11. The van der Waals surface area contributed by atoms with Gasteiger partial charge in [0.05, 0.1) is 19.0 Å². The van der Waals surface area contributed by atoms with Gasteiger partial charge in [-0.2, -0.15) is 5.26 Å². The van der Waals surface area contributed by atoms with Crippen molar-refractivity contribution in [2.75, 3.05) is 13.1 Å². The van der Waals surface area contributed by atoms with Crippen LogP contribution in [0.5, 0.6) is 0 Å². The van der Waals surface area contributed by atoms with Gasteiger partial charge in [-0.1, -0.05) is 44.2 Å². The van der Waals surface area contributed by atoms with Gasteiger partial charge < -0.3 is 5.73 Å². The van der Waals surface area contributed by atoms with E-state index in [0.717, 1.165) is 12.1 Å². The molecule has 0 saturated heterocycles. The molecular weight excluding hydrogens is 238 g/mol. The van der Waals surface area contributed by atoms with Crippen LogP contribution in [0.15, 0.2) is 30.3 Å². The number of hydrogen-bond donors (Lipinski definition) is 1. The second-order valence-electron chi connectivity index (χ2n) is 5.08. The van der Waals surface area contributed by atoms with Crippen molar-refractivity contribution in [2.24, 2.45) is 11.7 Å². The van der Waals surface area contributed by atoms with Gasteiger partial charge in [0.2, 0.25) is 5.91 Å². The van der Waals surface area contributed by atoms with E-state index in [1.165, 1.54) is 0 Å². The molecule has 0 fully saturated rings. The van der Waals surface area contributed by atoms with Gasteiger partial charge in [0.1, 0.15) is 0 Å². The summed E-state index contributed by atoms with van der Waals surface area (Å²) >= 11 is 0. The number of hydrogen-bond acceptors (Lipinski definition) is 3. The molecule has 1 aromatic carbocycles. The van der Waals surface area contributed by atoms with Crippen LogP contribution in [0.25, 0.3) is 0 Å². The van der Waals surface area contributed by atoms with Crippen molar-refractivity contribution in [3.63, 3.8) is 0 Å². The summed E-state index contributed by atoms with van der Waals surface area (Å²) in [7, 11) is 0. The lowest BCUT2D eigenvalue weighted by atomic mass is 10.0. The summed E-state index contributed by atoms with van der Waals surface area (Å²) in [6.07, 6.45) is 0.351. The third-order valence-electron chi connectivity index (χ3n) is 2.87. The highest BCUT2D eigenvalue weighted by Gasteiger charge is 2.22. The average molecular weight is 259 g/mol. The third-order valence-corrected chi connectivity index (χ3v) is 2.87. The maximum absolute atomic E-state index is 11.2. The quantitative estimate of drug-likeness (QED) is 0.815. The van der Waals surface area contributed by atoms with Crippen LogP contribution < -0.4 is 5.73 Å². The van der Waals surface area contributed by atoms with Crippen LogP contribution >= 0.6 is 0 Å². The molecule has 0 bridgehead atoms. The van der Waals surface area contributed by atoms with Crippen LogP contribution in [-0.2, 0) is 4.79 Å². The zero-order valence-electron chi connectivity index (χ0n) is 11.5. The van der Waals surface area contributed by atoms with E-state index in [2.05, 4.69) is 19.9 Å². The van der Waals surface area contributed by atoms with Crippen molar-refractivity contribution in [1.82, 2.24) is 4.90 Å². The summed E-state index contributed by atoms with van der Waals surface area (Å²) in [4.78, 5) is 13.2. The van der Waals surface area contributed by atoms with Crippen molar-refractivity contribution in [3.05, 3.63) is 35.9 Å². The van der Waals surface area contributed by atoms with Gasteiger partial charge in [-0.3, -0.25) is 9.69 Å². The number of nitrogens with zero attached hydrogens (tertiary/aromatic N) is 2. The van der Waals surface area contributed by atoms with E-state index in [1.807, 2.05) is 35.2 Å². The van der Waals surface area contributed by atoms with Crippen LogP contribution in [-0.4, -0.2) is 23.9 Å². The summed E-state index contributed by atoms with van der Waals surface area (Å²) in [5.41, 5.74) is 6.36. The lowest BCUT2D eigenvalue weighted by Gasteiger charge is -2.31. The molecule has 0 radical (unpaired) electrons. The van der Waals surface area contributed by atoms with Crippen LogP contribution in [0, 0.1) is 17.2 Å². The molecule has 2 N–H and O–H groups in total. The van der Waals surface area contributed by atoms with Crippen LogP contribution in [0.3, 0.4) is 0 Å². The molecule has 1 aromatic rings. The Bertz CT molecular complexity index is 436. The molecule has 0 aliphatic heterocycles. The predicted octanol–water partition coefficient (Wildman–Crippen LogP) is 2.08. The molecule has 4 nitrogen and oxygen atoms in total. The van der Waals surface area contributed by atoms with Gasteiger partial charge in [-0.15, -0.1) is 0 Å². The first-order chi connectivity index (χ1) is 9.04. The fraction of sp³-hybridized carbons (Fsp3) is 0.467. The fourth-order valence-electron chi connectivity index (χ4n) is 2.19. The van der Waals surface area contributed by atoms with E-state index in [1.54, 1.807) is 0 Å². The molecule has 0 saturated carbocycles. The number of benzene rings is 1. The van der Waals surface area contributed by atoms with E-state index < -0.39 is 0 Å². The Morgan fingerprint density at radius 3 is 2.47 bits per heavy atom. The average Bonchev–Trinajstić information content (AvgIpc) is 2.35. The lowest BCUT2D eigenvalue weighted by molar-refractivity contribution is -0.119. The van der Waals surface area contributed by atoms with E-state index in [9.17, 15) is 4.79 Å². The molecule has 0 aliphatic carbocycles. The molecule has 102 valence electrons. The lowest BCUT2D eigenvalue weighted by Crippen LogP contribution is -2.38. The Morgan fingerprint density at radius 1 is 1.37 bits per heavy atom.